The monoisotopic (exact) mass is 384 g/mol. The largest absolute Gasteiger partial charge is 0.357 e. The first-order valence-electron chi connectivity index (χ1n) is 9.95. The molecule has 1 amide bonds. The van der Waals surface area contributed by atoms with Gasteiger partial charge in [-0.05, 0) is 44.9 Å². The van der Waals surface area contributed by atoms with Crippen LogP contribution < -0.4 is 16.0 Å². The molecule has 7 nitrogen and oxygen atoms in total. The fraction of sp³-hybridized carbons (Fsp3) is 0.476. The van der Waals surface area contributed by atoms with Crippen LogP contribution in [0, 0.1) is 13.8 Å². The van der Waals surface area contributed by atoms with Crippen LogP contribution in [0.2, 0.25) is 0 Å². The molecular weight excluding hydrogens is 352 g/mol. The lowest BCUT2D eigenvalue weighted by atomic mass is 10.2. The molecule has 7 heteroatoms. The molecule has 0 aliphatic heterocycles. The molecule has 2 rings (SSSR count). The third kappa shape index (κ3) is 6.40. The van der Waals surface area contributed by atoms with Crippen LogP contribution >= 0.6 is 0 Å². The second kappa shape index (κ2) is 11.1. The first-order chi connectivity index (χ1) is 13.5. The van der Waals surface area contributed by atoms with Gasteiger partial charge in [-0.25, -0.2) is 9.67 Å². The average Bonchev–Trinajstić information content (AvgIpc) is 3.02. The Morgan fingerprint density at radius 2 is 1.89 bits per heavy atom. The van der Waals surface area contributed by atoms with Gasteiger partial charge in [-0.1, -0.05) is 25.1 Å². The molecule has 3 N–H and O–H groups in total. The number of amides is 1. The highest BCUT2D eigenvalue weighted by Crippen LogP contribution is 2.17. The van der Waals surface area contributed by atoms with Crippen molar-refractivity contribution in [2.75, 3.05) is 19.6 Å². The lowest BCUT2D eigenvalue weighted by Crippen LogP contribution is -2.39. The summed E-state index contributed by atoms with van der Waals surface area (Å²) in [7, 11) is 0. The van der Waals surface area contributed by atoms with Crippen molar-refractivity contribution in [3.05, 3.63) is 47.3 Å². The van der Waals surface area contributed by atoms with Crippen molar-refractivity contribution in [3.63, 3.8) is 0 Å². The zero-order valence-electron chi connectivity index (χ0n) is 17.4. The molecule has 0 unspecified atom stereocenters. The molecule has 152 valence electrons. The zero-order chi connectivity index (χ0) is 20.4. The minimum atomic E-state index is 0.0556. The summed E-state index contributed by atoms with van der Waals surface area (Å²) < 4.78 is 1.96. The summed E-state index contributed by atoms with van der Waals surface area (Å²) in [5.74, 6) is 0.758. The van der Waals surface area contributed by atoms with E-state index in [4.69, 9.17) is 0 Å². The van der Waals surface area contributed by atoms with Crippen LogP contribution in [0.4, 0.5) is 0 Å². The molecule has 1 heterocycles. The number of hydrogen-bond acceptors (Lipinski definition) is 3. The maximum Gasteiger partial charge on any atom is 0.221 e. The van der Waals surface area contributed by atoms with Crippen LogP contribution in [0.3, 0.4) is 0 Å². The lowest BCUT2D eigenvalue weighted by Gasteiger charge is -2.13. The predicted octanol–water partition coefficient (Wildman–Crippen LogP) is 2.46. The van der Waals surface area contributed by atoms with E-state index in [-0.39, 0.29) is 5.91 Å². The maximum absolute atomic E-state index is 11.7. The number of carbonyl (C=O) groups is 1. The molecule has 0 saturated carbocycles. The van der Waals surface area contributed by atoms with Gasteiger partial charge in [0.15, 0.2) is 5.96 Å². The molecule has 0 aliphatic carbocycles. The van der Waals surface area contributed by atoms with Crippen LogP contribution in [-0.2, 0) is 11.3 Å². The number of para-hydroxylation sites is 1. The van der Waals surface area contributed by atoms with E-state index in [9.17, 15) is 4.79 Å². The van der Waals surface area contributed by atoms with Gasteiger partial charge in [0.05, 0.1) is 17.9 Å². The highest BCUT2D eigenvalue weighted by Gasteiger charge is 2.09. The van der Waals surface area contributed by atoms with Gasteiger partial charge < -0.3 is 16.0 Å². The van der Waals surface area contributed by atoms with Crippen molar-refractivity contribution in [1.29, 1.82) is 0 Å². The highest BCUT2D eigenvalue weighted by atomic mass is 16.1. The summed E-state index contributed by atoms with van der Waals surface area (Å²) in [5.41, 5.74) is 4.21. The topological polar surface area (TPSA) is 83.3 Å². The standard InChI is InChI=1S/C21H32N6O/c1-5-12-23-20(28)11-13-24-21(22-6-2)25-15-18-9-7-8-10-19(18)27-17(4)14-16(3)26-27/h7-10,14H,5-6,11-13,15H2,1-4H3,(H,23,28)(H2,22,24,25). The van der Waals surface area contributed by atoms with E-state index in [1.807, 2.05) is 37.6 Å². The van der Waals surface area contributed by atoms with Crippen molar-refractivity contribution in [1.82, 2.24) is 25.7 Å². The minimum absolute atomic E-state index is 0.0556. The van der Waals surface area contributed by atoms with Crippen LogP contribution in [0.15, 0.2) is 35.3 Å². The Bertz CT molecular complexity index is 796. The first kappa shape index (κ1) is 21.5. The van der Waals surface area contributed by atoms with Crippen LogP contribution in [0.25, 0.3) is 5.69 Å². The van der Waals surface area contributed by atoms with E-state index in [0.29, 0.717) is 25.5 Å². The number of aryl methyl sites for hydroxylation is 2. The quantitative estimate of drug-likeness (QED) is 0.458. The van der Waals surface area contributed by atoms with Crippen LogP contribution in [0.1, 0.15) is 43.6 Å². The molecule has 0 atom stereocenters. The Morgan fingerprint density at radius 1 is 1.11 bits per heavy atom. The van der Waals surface area contributed by atoms with Gasteiger partial charge in [0, 0.05) is 31.7 Å². The number of nitrogens with one attached hydrogen (secondary N) is 3. The summed E-state index contributed by atoms with van der Waals surface area (Å²) in [6.07, 6.45) is 1.37. The van der Waals surface area contributed by atoms with E-state index in [2.05, 4.69) is 51.2 Å². The molecule has 1 aromatic carbocycles. The summed E-state index contributed by atoms with van der Waals surface area (Å²) in [5, 5.41) is 13.9. The van der Waals surface area contributed by atoms with Crippen molar-refractivity contribution in [2.45, 2.75) is 47.1 Å². The van der Waals surface area contributed by atoms with Gasteiger partial charge in [-0.2, -0.15) is 5.10 Å². The number of benzene rings is 1. The zero-order valence-corrected chi connectivity index (χ0v) is 17.4. The molecular formula is C21H32N6O. The summed E-state index contributed by atoms with van der Waals surface area (Å²) >= 11 is 0. The number of nitrogens with zero attached hydrogens (tertiary/aromatic N) is 3. The number of aliphatic imine (C=N–C) groups is 1. The molecule has 1 aromatic heterocycles. The second-order valence-electron chi connectivity index (χ2n) is 6.69. The van der Waals surface area contributed by atoms with Crippen molar-refractivity contribution in [3.8, 4) is 5.69 Å². The molecule has 0 spiro atoms. The molecule has 0 bridgehead atoms. The smallest absolute Gasteiger partial charge is 0.221 e. The molecule has 0 fully saturated rings. The Labute approximate surface area is 167 Å². The van der Waals surface area contributed by atoms with E-state index < -0.39 is 0 Å². The maximum atomic E-state index is 11.7. The van der Waals surface area contributed by atoms with Gasteiger partial charge >= 0.3 is 0 Å². The molecule has 0 radical (unpaired) electrons. The fourth-order valence-electron chi connectivity index (χ4n) is 2.88. The lowest BCUT2D eigenvalue weighted by molar-refractivity contribution is -0.120. The summed E-state index contributed by atoms with van der Waals surface area (Å²) in [6, 6.07) is 10.2. The van der Waals surface area contributed by atoms with E-state index in [0.717, 1.165) is 42.1 Å². The predicted molar refractivity (Wildman–Crippen MR) is 114 cm³/mol. The fourth-order valence-corrected chi connectivity index (χ4v) is 2.88. The molecule has 28 heavy (non-hydrogen) atoms. The van der Waals surface area contributed by atoms with E-state index in [1.165, 1.54) is 0 Å². The number of aromatic nitrogens is 2. The van der Waals surface area contributed by atoms with Crippen molar-refractivity contribution in [2.24, 2.45) is 4.99 Å². The normalized spacial score (nSPS) is 11.4. The Balaban J connectivity index is 2.05. The minimum Gasteiger partial charge on any atom is -0.357 e. The molecule has 0 aliphatic rings. The van der Waals surface area contributed by atoms with Gasteiger partial charge in [0.25, 0.3) is 0 Å². The van der Waals surface area contributed by atoms with Gasteiger partial charge in [-0.15, -0.1) is 0 Å². The second-order valence-corrected chi connectivity index (χ2v) is 6.69. The highest BCUT2D eigenvalue weighted by molar-refractivity contribution is 5.81. The Hall–Kier alpha value is -2.83. The van der Waals surface area contributed by atoms with Crippen molar-refractivity contribution < 1.29 is 4.79 Å². The number of hydrogen-bond donors (Lipinski definition) is 3. The van der Waals surface area contributed by atoms with Gasteiger partial charge in [-0.3, -0.25) is 4.79 Å². The van der Waals surface area contributed by atoms with Gasteiger partial charge in [0.1, 0.15) is 0 Å². The Morgan fingerprint density at radius 3 is 2.57 bits per heavy atom. The third-order valence-electron chi connectivity index (χ3n) is 4.20. The molecule has 2 aromatic rings. The summed E-state index contributed by atoms with van der Waals surface area (Å²) in [6.45, 7) is 10.6. The van der Waals surface area contributed by atoms with Crippen LogP contribution in [0.5, 0.6) is 0 Å². The molecule has 0 saturated heterocycles. The SMILES string of the molecule is CCCNC(=O)CCNC(=NCc1ccccc1-n1nc(C)cc1C)NCC. The Kier molecular flexibility index (Phi) is 8.52. The first-order valence-corrected chi connectivity index (χ1v) is 9.95. The van der Waals surface area contributed by atoms with Crippen LogP contribution in [-0.4, -0.2) is 41.3 Å². The van der Waals surface area contributed by atoms with Crippen molar-refractivity contribution >= 4 is 11.9 Å². The van der Waals surface area contributed by atoms with Gasteiger partial charge in [0.2, 0.25) is 5.91 Å². The number of rotatable bonds is 9. The van der Waals surface area contributed by atoms with E-state index in [1.54, 1.807) is 0 Å². The van der Waals surface area contributed by atoms with E-state index >= 15 is 0 Å². The third-order valence-corrected chi connectivity index (χ3v) is 4.20. The number of carbonyl (C=O) groups excluding carboxylic acids is 1. The summed E-state index contributed by atoms with van der Waals surface area (Å²) in [4.78, 5) is 16.4. The number of guanidine groups is 1. The average molecular weight is 385 g/mol.